The summed E-state index contributed by atoms with van der Waals surface area (Å²) >= 11 is 1.48. The molecular weight excluding hydrogens is 235 g/mol. The van der Waals surface area contributed by atoms with Crippen LogP contribution in [0.1, 0.15) is 31.2 Å². The van der Waals surface area contributed by atoms with Crippen molar-refractivity contribution < 1.29 is 13.2 Å². The molecule has 1 saturated carbocycles. The van der Waals surface area contributed by atoms with Crippen LogP contribution in [0.25, 0.3) is 0 Å². The van der Waals surface area contributed by atoms with E-state index in [-0.39, 0.29) is 12.8 Å². The van der Waals surface area contributed by atoms with Crippen molar-refractivity contribution in [2.75, 3.05) is 0 Å². The molecule has 0 aromatic carbocycles. The van der Waals surface area contributed by atoms with Gasteiger partial charge in [0.2, 0.25) is 0 Å². The van der Waals surface area contributed by atoms with E-state index >= 15 is 0 Å². The van der Waals surface area contributed by atoms with Crippen LogP contribution >= 0.6 is 11.3 Å². The first-order valence-corrected chi connectivity index (χ1v) is 6.24. The van der Waals surface area contributed by atoms with Crippen molar-refractivity contribution in [1.29, 1.82) is 0 Å². The molecule has 2 unspecified atom stereocenters. The maximum absolute atomic E-state index is 12.7. The first kappa shape index (κ1) is 11.9. The van der Waals surface area contributed by atoms with Crippen LogP contribution in [0.3, 0.4) is 0 Å². The van der Waals surface area contributed by atoms with Gasteiger partial charge in [-0.1, -0.05) is 6.42 Å². The fourth-order valence-electron chi connectivity index (χ4n) is 2.40. The zero-order chi connectivity index (χ0) is 11.8. The highest BCUT2D eigenvalue weighted by Crippen LogP contribution is 2.45. The third kappa shape index (κ3) is 2.25. The summed E-state index contributed by atoms with van der Waals surface area (Å²) in [5, 5.41) is 3.72. The molecule has 90 valence electrons. The summed E-state index contributed by atoms with van der Waals surface area (Å²) in [6, 6.07) is 1.84. The molecule has 1 fully saturated rings. The largest absolute Gasteiger partial charge is 0.391 e. The number of thiophene rings is 1. The lowest BCUT2D eigenvalue weighted by Crippen LogP contribution is -2.44. The van der Waals surface area contributed by atoms with Gasteiger partial charge < -0.3 is 5.73 Å². The highest BCUT2D eigenvalue weighted by Gasteiger charge is 2.46. The highest BCUT2D eigenvalue weighted by molar-refractivity contribution is 7.08. The molecule has 1 nitrogen and oxygen atoms in total. The normalized spacial score (nSPS) is 31.6. The van der Waals surface area contributed by atoms with E-state index in [1.807, 2.05) is 16.8 Å². The van der Waals surface area contributed by atoms with Gasteiger partial charge in [-0.2, -0.15) is 24.5 Å². The molecule has 1 heterocycles. The fourth-order valence-corrected chi connectivity index (χ4v) is 3.16. The number of hydrogen-bond donors (Lipinski definition) is 1. The summed E-state index contributed by atoms with van der Waals surface area (Å²) in [6.07, 6.45) is -2.67. The number of nitrogens with two attached hydrogens (primary N) is 1. The van der Waals surface area contributed by atoms with Crippen LogP contribution in [-0.4, -0.2) is 6.18 Å². The molecule has 2 N–H and O–H groups in total. The van der Waals surface area contributed by atoms with Crippen LogP contribution in [0.4, 0.5) is 13.2 Å². The Balaban J connectivity index is 2.18. The molecule has 0 bridgehead atoms. The second-order valence-electron chi connectivity index (χ2n) is 4.50. The van der Waals surface area contributed by atoms with Gasteiger partial charge in [-0.3, -0.25) is 0 Å². The van der Waals surface area contributed by atoms with E-state index < -0.39 is 17.6 Å². The molecule has 0 spiro atoms. The van der Waals surface area contributed by atoms with Gasteiger partial charge in [0.15, 0.2) is 0 Å². The second kappa shape index (κ2) is 4.04. The van der Waals surface area contributed by atoms with Crippen molar-refractivity contribution in [1.82, 2.24) is 0 Å². The Hall–Kier alpha value is -0.550. The van der Waals surface area contributed by atoms with E-state index in [2.05, 4.69) is 0 Å². The van der Waals surface area contributed by atoms with Gasteiger partial charge in [-0.15, -0.1) is 0 Å². The lowest BCUT2D eigenvalue weighted by atomic mass is 9.73. The lowest BCUT2D eigenvalue weighted by Gasteiger charge is -2.38. The van der Waals surface area contributed by atoms with E-state index in [0.29, 0.717) is 12.8 Å². The molecule has 0 amide bonds. The van der Waals surface area contributed by atoms with Gasteiger partial charge in [-0.25, -0.2) is 0 Å². The van der Waals surface area contributed by atoms with Gasteiger partial charge in [0, 0.05) is 5.54 Å². The first-order valence-electron chi connectivity index (χ1n) is 5.30. The predicted octanol–water partition coefficient (Wildman–Crippen LogP) is 3.65. The van der Waals surface area contributed by atoms with E-state index in [9.17, 15) is 13.2 Å². The summed E-state index contributed by atoms with van der Waals surface area (Å²) < 4.78 is 38.0. The number of halogens is 3. The minimum atomic E-state index is -4.11. The Bertz CT molecular complexity index is 347. The van der Waals surface area contributed by atoms with Crippen molar-refractivity contribution >= 4 is 11.3 Å². The van der Waals surface area contributed by atoms with Crippen LogP contribution in [0, 0.1) is 5.92 Å². The molecule has 5 heteroatoms. The highest BCUT2D eigenvalue weighted by atomic mass is 32.1. The molecule has 0 saturated heterocycles. The Morgan fingerprint density at radius 3 is 2.75 bits per heavy atom. The smallest absolute Gasteiger partial charge is 0.321 e. The first-order chi connectivity index (χ1) is 7.42. The van der Waals surface area contributed by atoms with E-state index in [1.54, 1.807) is 0 Å². The average molecular weight is 249 g/mol. The van der Waals surface area contributed by atoms with Crippen LogP contribution in [0.2, 0.25) is 0 Å². The van der Waals surface area contributed by atoms with Crippen molar-refractivity contribution in [3.8, 4) is 0 Å². The number of alkyl halides is 3. The van der Waals surface area contributed by atoms with Crippen LogP contribution in [-0.2, 0) is 5.54 Å². The Morgan fingerprint density at radius 1 is 1.44 bits per heavy atom. The van der Waals surface area contributed by atoms with E-state index in [0.717, 1.165) is 5.56 Å². The fraction of sp³-hybridized carbons (Fsp3) is 0.636. The quantitative estimate of drug-likeness (QED) is 0.807. The van der Waals surface area contributed by atoms with E-state index in [1.165, 1.54) is 11.3 Å². The summed E-state index contributed by atoms with van der Waals surface area (Å²) in [5.41, 5.74) is 6.19. The van der Waals surface area contributed by atoms with Gasteiger partial charge in [0.25, 0.3) is 0 Å². The predicted molar refractivity (Wildman–Crippen MR) is 58.2 cm³/mol. The number of hydrogen-bond acceptors (Lipinski definition) is 2. The van der Waals surface area contributed by atoms with Crippen molar-refractivity contribution in [2.45, 2.75) is 37.4 Å². The molecule has 0 radical (unpaired) electrons. The third-order valence-electron chi connectivity index (χ3n) is 3.35. The van der Waals surface area contributed by atoms with Gasteiger partial charge in [0.1, 0.15) is 0 Å². The molecule has 2 atom stereocenters. The van der Waals surface area contributed by atoms with Crippen molar-refractivity contribution in [3.05, 3.63) is 22.4 Å². The SMILES string of the molecule is NC1(c2ccsc2)CCCC(C(F)(F)F)C1. The molecule has 16 heavy (non-hydrogen) atoms. The Labute approximate surface area is 96.5 Å². The van der Waals surface area contributed by atoms with Gasteiger partial charge in [0.05, 0.1) is 5.92 Å². The molecule has 1 aromatic heterocycles. The zero-order valence-electron chi connectivity index (χ0n) is 8.76. The van der Waals surface area contributed by atoms with Crippen molar-refractivity contribution in [2.24, 2.45) is 11.7 Å². The third-order valence-corrected chi connectivity index (χ3v) is 4.03. The average Bonchev–Trinajstić information content (AvgIpc) is 2.69. The molecule has 1 aromatic rings. The Kier molecular flexibility index (Phi) is 3.01. The summed E-state index contributed by atoms with van der Waals surface area (Å²) in [4.78, 5) is 0. The molecule has 2 rings (SSSR count). The maximum Gasteiger partial charge on any atom is 0.391 e. The van der Waals surface area contributed by atoms with Gasteiger partial charge in [-0.05, 0) is 41.7 Å². The monoisotopic (exact) mass is 249 g/mol. The molecule has 0 aliphatic heterocycles. The molecule has 1 aliphatic carbocycles. The maximum atomic E-state index is 12.7. The minimum absolute atomic E-state index is 0.0211. The number of rotatable bonds is 1. The van der Waals surface area contributed by atoms with Gasteiger partial charge >= 0.3 is 6.18 Å². The van der Waals surface area contributed by atoms with Crippen molar-refractivity contribution in [3.63, 3.8) is 0 Å². The second-order valence-corrected chi connectivity index (χ2v) is 5.28. The van der Waals surface area contributed by atoms with Crippen LogP contribution in [0.15, 0.2) is 16.8 Å². The summed E-state index contributed by atoms with van der Waals surface area (Å²) in [7, 11) is 0. The van der Waals surface area contributed by atoms with Crippen LogP contribution < -0.4 is 5.73 Å². The molecular formula is C11H14F3NS. The van der Waals surface area contributed by atoms with E-state index in [4.69, 9.17) is 5.73 Å². The summed E-state index contributed by atoms with van der Waals surface area (Å²) in [6.45, 7) is 0. The minimum Gasteiger partial charge on any atom is -0.321 e. The zero-order valence-corrected chi connectivity index (χ0v) is 9.57. The Morgan fingerprint density at radius 2 is 2.19 bits per heavy atom. The molecule has 1 aliphatic rings. The van der Waals surface area contributed by atoms with Crippen LogP contribution in [0.5, 0.6) is 0 Å². The summed E-state index contributed by atoms with van der Waals surface area (Å²) in [5.74, 6) is -1.24. The lowest BCUT2D eigenvalue weighted by molar-refractivity contribution is -0.187. The standard InChI is InChI=1S/C11H14F3NS/c12-11(13,14)8-2-1-4-10(15,6-8)9-3-5-16-7-9/h3,5,7-8H,1-2,4,6,15H2. The topological polar surface area (TPSA) is 26.0 Å².